The molecule has 3 N–H and O–H groups in total. The first kappa shape index (κ1) is 15.4. The van der Waals surface area contributed by atoms with Crippen LogP contribution in [0.4, 0.5) is 4.39 Å². The Morgan fingerprint density at radius 2 is 2.05 bits per heavy atom. The van der Waals surface area contributed by atoms with Crippen molar-refractivity contribution in [2.75, 3.05) is 0 Å². The lowest BCUT2D eigenvalue weighted by Gasteiger charge is -2.18. The van der Waals surface area contributed by atoms with E-state index >= 15 is 0 Å². The molecule has 0 aliphatic heterocycles. The lowest BCUT2D eigenvalue weighted by atomic mass is 9.98. The number of hydrazine groups is 1. The van der Waals surface area contributed by atoms with Gasteiger partial charge in [-0.05, 0) is 48.7 Å². The molecule has 0 fully saturated rings. The van der Waals surface area contributed by atoms with Gasteiger partial charge in [0.2, 0.25) is 0 Å². The molecule has 2 nitrogen and oxygen atoms in total. The summed E-state index contributed by atoms with van der Waals surface area (Å²) in [4.78, 5) is 0. The van der Waals surface area contributed by atoms with Crippen LogP contribution >= 0.6 is 27.5 Å². The summed E-state index contributed by atoms with van der Waals surface area (Å²) < 4.78 is 14.7. The summed E-state index contributed by atoms with van der Waals surface area (Å²) in [6, 6.07) is 10.3. The minimum atomic E-state index is -0.340. The van der Waals surface area contributed by atoms with E-state index in [1.807, 2.05) is 25.1 Å². The molecule has 0 saturated carbocycles. The maximum Gasteiger partial charge on any atom is 0.128 e. The molecule has 20 heavy (non-hydrogen) atoms. The highest BCUT2D eigenvalue weighted by molar-refractivity contribution is 9.10. The number of nitrogens with one attached hydrogen (secondary N) is 1. The zero-order valence-electron chi connectivity index (χ0n) is 11.0. The second-order valence-corrected chi connectivity index (χ2v) is 6.01. The van der Waals surface area contributed by atoms with Crippen LogP contribution in [0.15, 0.2) is 40.9 Å². The van der Waals surface area contributed by atoms with E-state index in [9.17, 15) is 4.39 Å². The Balaban J connectivity index is 2.31. The van der Waals surface area contributed by atoms with Crippen LogP contribution in [-0.2, 0) is 6.42 Å². The third-order valence-corrected chi connectivity index (χ3v) is 4.01. The van der Waals surface area contributed by atoms with E-state index in [0.29, 0.717) is 17.0 Å². The topological polar surface area (TPSA) is 38.0 Å². The van der Waals surface area contributed by atoms with Gasteiger partial charge in [-0.25, -0.2) is 4.39 Å². The molecule has 0 saturated heterocycles. The van der Waals surface area contributed by atoms with Crippen LogP contribution in [0.1, 0.15) is 22.7 Å². The van der Waals surface area contributed by atoms with Crippen molar-refractivity contribution in [3.8, 4) is 0 Å². The highest BCUT2D eigenvalue weighted by Crippen LogP contribution is 2.27. The number of hydrogen-bond acceptors (Lipinski definition) is 2. The fourth-order valence-corrected chi connectivity index (χ4v) is 2.77. The summed E-state index contributed by atoms with van der Waals surface area (Å²) in [5.74, 6) is 5.28. The van der Waals surface area contributed by atoms with Crippen LogP contribution in [0.2, 0.25) is 5.02 Å². The third-order valence-electron chi connectivity index (χ3n) is 3.17. The highest BCUT2D eigenvalue weighted by atomic mass is 79.9. The van der Waals surface area contributed by atoms with Crippen molar-refractivity contribution >= 4 is 27.5 Å². The quantitative estimate of drug-likeness (QED) is 0.632. The molecule has 0 aliphatic rings. The zero-order chi connectivity index (χ0) is 14.7. The number of aryl methyl sites for hydroxylation is 1. The molecular formula is C15H15BrClFN2. The molecule has 0 bridgehead atoms. The van der Waals surface area contributed by atoms with Gasteiger partial charge in [-0.2, -0.15) is 0 Å². The summed E-state index contributed by atoms with van der Waals surface area (Å²) in [6.07, 6.45) is 0.517. The van der Waals surface area contributed by atoms with Gasteiger partial charge >= 0.3 is 0 Å². The fourth-order valence-electron chi connectivity index (χ4n) is 2.08. The van der Waals surface area contributed by atoms with Gasteiger partial charge in [0.25, 0.3) is 0 Å². The molecule has 0 aliphatic carbocycles. The Bertz CT molecular complexity index is 619. The summed E-state index contributed by atoms with van der Waals surface area (Å²) >= 11 is 9.56. The monoisotopic (exact) mass is 356 g/mol. The van der Waals surface area contributed by atoms with E-state index in [0.717, 1.165) is 15.6 Å². The molecule has 2 rings (SSSR count). The highest BCUT2D eigenvalue weighted by Gasteiger charge is 2.17. The molecule has 2 aromatic carbocycles. The summed E-state index contributed by atoms with van der Waals surface area (Å²) in [5, 5.41) is 0.667. The van der Waals surface area contributed by atoms with Gasteiger partial charge in [0.15, 0.2) is 0 Å². The minimum absolute atomic E-state index is 0.292. The van der Waals surface area contributed by atoms with Crippen molar-refractivity contribution < 1.29 is 4.39 Å². The second-order valence-electron chi connectivity index (χ2n) is 4.68. The van der Waals surface area contributed by atoms with Crippen LogP contribution in [-0.4, -0.2) is 0 Å². The largest absolute Gasteiger partial charge is 0.271 e. The smallest absolute Gasteiger partial charge is 0.128 e. The first-order valence-electron chi connectivity index (χ1n) is 6.17. The van der Waals surface area contributed by atoms with Gasteiger partial charge < -0.3 is 0 Å². The maximum atomic E-state index is 13.9. The Morgan fingerprint density at radius 1 is 1.30 bits per heavy atom. The van der Waals surface area contributed by atoms with Crippen LogP contribution in [0.5, 0.6) is 0 Å². The van der Waals surface area contributed by atoms with Crippen molar-refractivity contribution in [3.63, 3.8) is 0 Å². The first-order valence-corrected chi connectivity index (χ1v) is 7.34. The molecule has 0 amide bonds. The summed E-state index contributed by atoms with van der Waals surface area (Å²) in [7, 11) is 0. The summed E-state index contributed by atoms with van der Waals surface area (Å²) in [6.45, 7) is 1.97. The van der Waals surface area contributed by atoms with Gasteiger partial charge in [0, 0.05) is 15.1 Å². The number of benzene rings is 2. The van der Waals surface area contributed by atoms with E-state index in [4.69, 9.17) is 17.4 Å². The van der Waals surface area contributed by atoms with Crippen LogP contribution in [0.25, 0.3) is 0 Å². The van der Waals surface area contributed by atoms with E-state index in [-0.39, 0.29) is 11.9 Å². The molecular weight excluding hydrogens is 343 g/mol. The lowest BCUT2D eigenvalue weighted by Crippen LogP contribution is -2.30. The molecule has 5 heteroatoms. The van der Waals surface area contributed by atoms with Crippen LogP contribution in [0.3, 0.4) is 0 Å². The predicted octanol–water partition coefficient (Wildman–Crippen LogP) is 4.30. The first-order chi connectivity index (χ1) is 9.51. The summed E-state index contributed by atoms with van der Waals surface area (Å²) in [5.41, 5.74) is 5.19. The number of nitrogens with two attached hydrogens (primary N) is 1. The third kappa shape index (κ3) is 3.58. The van der Waals surface area contributed by atoms with E-state index in [1.165, 1.54) is 6.07 Å². The van der Waals surface area contributed by atoms with Gasteiger partial charge in [0.1, 0.15) is 5.82 Å². The fraction of sp³-hybridized carbons (Fsp3) is 0.200. The van der Waals surface area contributed by atoms with Gasteiger partial charge in [0.05, 0.1) is 6.04 Å². The number of rotatable bonds is 4. The lowest BCUT2D eigenvalue weighted by molar-refractivity contribution is 0.510. The molecule has 0 radical (unpaired) electrons. The van der Waals surface area contributed by atoms with Gasteiger partial charge in [-0.3, -0.25) is 11.3 Å². The molecule has 2 aromatic rings. The normalized spacial score (nSPS) is 12.4. The Morgan fingerprint density at radius 3 is 2.70 bits per heavy atom. The predicted molar refractivity (Wildman–Crippen MR) is 84.1 cm³/mol. The van der Waals surface area contributed by atoms with Crippen LogP contribution < -0.4 is 11.3 Å². The molecule has 1 unspecified atom stereocenters. The SMILES string of the molecule is Cc1ccc(CC(NN)c2cc(Br)ccc2F)c(Cl)c1. The zero-order valence-corrected chi connectivity index (χ0v) is 13.3. The van der Waals surface area contributed by atoms with Crippen molar-refractivity contribution in [3.05, 3.63) is 68.4 Å². The minimum Gasteiger partial charge on any atom is -0.271 e. The van der Waals surface area contributed by atoms with Crippen LogP contribution in [0, 0.1) is 12.7 Å². The Kier molecular flexibility index (Phi) is 5.16. The Labute approximate surface area is 131 Å². The standard InChI is InChI=1S/C15H15BrClFN2/c1-9-2-3-10(13(17)6-9)7-15(20-19)12-8-11(16)4-5-14(12)18/h2-6,8,15,20H,7,19H2,1H3. The van der Waals surface area contributed by atoms with Crippen molar-refractivity contribution in [1.82, 2.24) is 5.43 Å². The Hall–Kier alpha value is -0.940. The van der Waals surface area contributed by atoms with Gasteiger partial charge in [-0.1, -0.05) is 39.7 Å². The number of halogens is 3. The van der Waals surface area contributed by atoms with Crippen molar-refractivity contribution in [2.45, 2.75) is 19.4 Å². The molecule has 0 spiro atoms. The van der Waals surface area contributed by atoms with E-state index in [2.05, 4.69) is 21.4 Å². The van der Waals surface area contributed by atoms with E-state index < -0.39 is 0 Å². The maximum absolute atomic E-state index is 13.9. The molecule has 1 atom stereocenters. The average molecular weight is 358 g/mol. The average Bonchev–Trinajstić information content (AvgIpc) is 2.41. The van der Waals surface area contributed by atoms with Crippen molar-refractivity contribution in [2.24, 2.45) is 5.84 Å². The molecule has 106 valence electrons. The number of hydrogen-bond donors (Lipinski definition) is 2. The van der Waals surface area contributed by atoms with E-state index in [1.54, 1.807) is 12.1 Å². The second kappa shape index (κ2) is 6.68. The van der Waals surface area contributed by atoms with Gasteiger partial charge in [-0.15, -0.1) is 0 Å². The van der Waals surface area contributed by atoms with Crippen molar-refractivity contribution in [1.29, 1.82) is 0 Å². The molecule has 0 aromatic heterocycles. The molecule has 0 heterocycles.